The molecule has 1 aliphatic rings. The smallest absolute Gasteiger partial charge is 0.123 e. The van der Waals surface area contributed by atoms with Gasteiger partial charge < -0.3 is 14.7 Å². The van der Waals surface area contributed by atoms with E-state index in [-0.39, 0.29) is 5.92 Å². The lowest BCUT2D eigenvalue weighted by atomic mass is 9.72. The quantitative estimate of drug-likeness (QED) is 0.199. The zero-order valence-corrected chi connectivity index (χ0v) is 24.8. The van der Waals surface area contributed by atoms with E-state index in [2.05, 4.69) is 85.2 Å². The van der Waals surface area contributed by atoms with Gasteiger partial charge in [0.05, 0.1) is 6.61 Å². The van der Waals surface area contributed by atoms with Gasteiger partial charge >= 0.3 is 0 Å². The third kappa shape index (κ3) is 6.66. The number of rotatable bonds is 11. The van der Waals surface area contributed by atoms with E-state index in [0.29, 0.717) is 6.61 Å². The molecule has 0 aromatic heterocycles. The number of benzene rings is 4. The molecule has 5 rings (SSSR count). The summed E-state index contributed by atoms with van der Waals surface area (Å²) in [6.07, 6.45) is 2.13. The maximum absolute atomic E-state index is 12.9. The summed E-state index contributed by atoms with van der Waals surface area (Å²) in [5.41, 5.74) is 5.68. The molecule has 4 heteroatoms. The van der Waals surface area contributed by atoms with Crippen LogP contribution in [0.4, 0.5) is 5.69 Å². The van der Waals surface area contributed by atoms with Crippen molar-refractivity contribution in [1.82, 2.24) is 4.90 Å². The van der Waals surface area contributed by atoms with Gasteiger partial charge in [-0.2, -0.15) is 0 Å². The van der Waals surface area contributed by atoms with Crippen molar-refractivity contribution in [3.05, 3.63) is 131 Å². The molecule has 41 heavy (non-hydrogen) atoms. The Morgan fingerprint density at radius 1 is 0.780 bits per heavy atom. The van der Waals surface area contributed by atoms with Crippen LogP contribution in [0.15, 0.2) is 103 Å². The van der Waals surface area contributed by atoms with Crippen molar-refractivity contribution in [2.45, 2.75) is 45.1 Å². The van der Waals surface area contributed by atoms with Gasteiger partial charge in [-0.05, 0) is 66.3 Å². The zero-order valence-electron chi connectivity index (χ0n) is 24.8. The summed E-state index contributed by atoms with van der Waals surface area (Å²) in [4.78, 5) is 5.03. The lowest BCUT2D eigenvalue weighted by Gasteiger charge is -2.43. The van der Waals surface area contributed by atoms with Gasteiger partial charge in [0.1, 0.15) is 11.4 Å². The molecular weight excluding hydrogens is 504 g/mol. The first-order chi connectivity index (χ1) is 20.0. The molecule has 0 saturated carbocycles. The van der Waals surface area contributed by atoms with E-state index in [0.717, 1.165) is 68.0 Å². The van der Waals surface area contributed by atoms with Crippen molar-refractivity contribution < 1.29 is 9.84 Å². The molecule has 0 radical (unpaired) electrons. The predicted octanol–water partition coefficient (Wildman–Crippen LogP) is 7.32. The SMILES string of the molecule is CCCCOc1ccc([C@@](O)(c2ccccc2)[C@H](CN2CCN(c3cc(C)ccc3C)CC2)c2ccccc2)cc1. The summed E-state index contributed by atoms with van der Waals surface area (Å²) in [5, 5.41) is 12.9. The molecule has 0 bridgehead atoms. The lowest BCUT2D eigenvalue weighted by molar-refractivity contribution is 0.0328. The average Bonchev–Trinajstić information content (AvgIpc) is 3.02. The van der Waals surface area contributed by atoms with Gasteiger partial charge in [-0.25, -0.2) is 0 Å². The molecule has 0 aliphatic carbocycles. The summed E-state index contributed by atoms with van der Waals surface area (Å²) in [5.74, 6) is 0.682. The van der Waals surface area contributed by atoms with Gasteiger partial charge in [-0.1, -0.05) is 98.3 Å². The Morgan fingerprint density at radius 2 is 1.41 bits per heavy atom. The monoisotopic (exact) mass is 548 g/mol. The molecular formula is C37H44N2O2. The highest BCUT2D eigenvalue weighted by Crippen LogP contribution is 2.43. The van der Waals surface area contributed by atoms with Crippen LogP contribution in [0.3, 0.4) is 0 Å². The van der Waals surface area contributed by atoms with E-state index in [1.807, 2.05) is 48.5 Å². The van der Waals surface area contributed by atoms with Crippen LogP contribution < -0.4 is 9.64 Å². The molecule has 4 nitrogen and oxygen atoms in total. The van der Waals surface area contributed by atoms with Crippen LogP contribution in [0, 0.1) is 13.8 Å². The first-order valence-electron chi connectivity index (χ1n) is 15.1. The summed E-state index contributed by atoms with van der Waals surface area (Å²) in [6, 6.07) is 35.5. The van der Waals surface area contributed by atoms with E-state index < -0.39 is 5.60 Å². The molecule has 0 unspecified atom stereocenters. The molecule has 1 saturated heterocycles. The zero-order chi connectivity index (χ0) is 28.7. The number of ether oxygens (including phenoxy) is 1. The average molecular weight is 549 g/mol. The molecule has 0 amide bonds. The highest BCUT2D eigenvalue weighted by Gasteiger charge is 2.42. The van der Waals surface area contributed by atoms with Gasteiger partial charge in [0.15, 0.2) is 0 Å². The van der Waals surface area contributed by atoms with E-state index in [9.17, 15) is 5.11 Å². The first-order valence-corrected chi connectivity index (χ1v) is 15.1. The number of hydrogen-bond donors (Lipinski definition) is 1. The predicted molar refractivity (Wildman–Crippen MR) is 170 cm³/mol. The maximum Gasteiger partial charge on any atom is 0.123 e. The minimum Gasteiger partial charge on any atom is -0.494 e. The molecule has 2 atom stereocenters. The Kier molecular flexibility index (Phi) is 9.43. The highest BCUT2D eigenvalue weighted by atomic mass is 16.5. The second kappa shape index (κ2) is 13.4. The van der Waals surface area contributed by atoms with Gasteiger partial charge in [0.2, 0.25) is 0 Å². The minimum absolute atomic E-state index is 0.162. The van der Waals surface area contributed by atoms with Gasteiger partial charge in [-0.15, -0.1) is 0 Å². The van der Waals surface area contributed by atoms with Gasteiger partial charge in [0.25, 0.3) is 0 Å². The normalized spacial score (nSPS) is 16.2. The number of hydrogen-bond acceptors (Lipinski definition) is 4. The third-order valence-electron chi connectivity index (χ3n) is 8.50. The molecule has 214 valence electrons. The van der Waals surface area contributed by atoms with Crippen LogP contribution >= 0.6 is 0 Å². The van der Waals surface area contributed by atoms with Gasteiger partial charge in [0, 0.05) is 44.3 Å². The third-order valence-corrected chi connectivity index (χ3v) is 8.50. The second-order valence-electron chi connectivity index (χ2n) is 11.4. The molecule has 4 aromatic carbocycles. The summed E-state index contributed by atoms with van der Waals surface area (Å²) >= 11 is 0. The van der Waals surface area contributed by atoms with E-state index in [1.54, 1.807) is 0 Å². The summed E-state index contributed by atoms with van der Waals surface area (Å²) in [7, 11) is 0. The molecule has 0 spiro atoms. The van der Waals surface area contributed by atoms with E-state index in [1.165, 1.54) is 16.8 Å². The van der Waals surface area contributed by atoms with Crippen LogP contribution in [-0.4, -0.2) is 49.3 Å². The van der Waals surface area contributed by atoms with Crippen molar-refractivity contribution in [3.8, 4) is 5.75 Å². The number of aryl methyl sites for hydroxylation is 2. The molecule has 1 heterocycles. The Bertz CT molecular complexity index is 1370. The number of unbranched alkanes of at least 4 members (excludes halogenated alkanes) is 1. The first kappa shape index (κ1) is 28.9. The van der Waals surface area contributed by atoms with Crippen molar-refractivity contribution >= 4 is 5.69 Å². The minimum atomic E-state index is -1.21. The van der Waals surface area contributed by atoms with Crippen LogP contribution in [-0.2, 0) is 5.60 Å². The number of nitrogens with zero attached hydrogens (tertiary/aromatic N) is 2. The highest BCUT2D eigenvalue weighted by molar-refractivity contribution is 5.55. The van der Waals surface area contributed by atoms with Crippen molar-refractivity contribution in [2.75, 3.05) is 44.2 Å². The Balaban J connectivity index is 1.45. The van der Waals surface area contributed by atoms with Gasteiger partial charge in [-0.3, -0.25) is 4.90 Å². The largest absolute Gasteiger partial charge is 0.494 e. The lowest BCUT2D eigenvalue weighted by Crippen LogP contribution is -2.50. The number of aliphatic hydroxyl groups is 1. The fourth-order valence-electron chi connectivity index (χ4n) is 6.05. The van der Waals surface area contributed by atoms with Crippen LogP contribution in [0.1, 0.15) is 53.5 Å². The fourth-order valence-corrected chi connectivity index (χ4v) is 6.05. The second-order valence-corrected chi connectivity index (χ2v) is 11.4. The Morgan fingerprint density at radius 3 is 2.07 bits per heavy atom. The van der Waals surface area contributed by atoms with Crippen LogP contribution in [0.2, 0.25) is 0 Å². The van der Waals surface area contributed by atoms with Crippen molar-refractivity contribution in [2.24, 2.45) is 0 Å². The van der Waals surface area contributed by atoms with Crippen LogP contribution in [0.5, 0.6) is 5.75 Å². The summed E-state index contributed by atoms with van der Waals surface area (Å²) < 4.78 is 5.95. The maximum atomic E-state index is 12.9. The Labute approximate surface area is 246 Å². The van der Waals surface area contributed by atoms with E-state index in [4.69, 9.17) is 4.74 Å². The topological polar surface area (TPSA) is 35.9 Å². The van der Waals surface area contributed by atoms with Crippen LogP contribution in [0.25, 0.3) is 0 Å². The Hall–Kier alpha value is -3.60. The van der Waals surface area contributed by atoms with Crippen molar-refractivity contribution in [1.29, 1.82) is 0 Å². The van der Waals surface area contributed by atoms with E-state index >= 15 is 0 Å². The molecule has 1 aliphatic heterocycles. The summed E-state index contributed by atoms with van der Waals surface area (Å²) in [6.45, 7) is 11.8. The molecule has 4 aromatic rings. The standard InChI is InChI=1S/C37H44N2O2/c1-4-5-26-41-34-20-18-33(19-21-34)37(40,32-14-10-7-11-15-32)35(31-12-8-6-9-13-31)28-38-22-24-39(25-23-38)36-27-29(2)16-17-30(36)3/h6-21,27,35,40H,4-5,22-26,28H2,1-3H3/t35-,37+/m1/s1. The number of anilines is 1. The fraction of sp³-hybridized carbons (Fsp3) is 0.351. The molecule has 1 N–H and O–H groups in total. The number of piperazine rings is 1. The van der Waals surface area contributed by atoms with Crippen molar-refractivity contribution in [3.63, 3.8) is 0 Å². The molecule has 1 fully saturated rings.